The van der Waals surface area contributed by atoms with Crippen molar-refractivity contribution in [1.29, 1.82) is 5.26 Å². The van der Waals surface area contributed by atoms with E-state index in [1.165, 1.54) is 6.07 Å². The van der Waals surface area contributed by atoms with Crippen LogP contribution in [0, 0.1) is 11.3 Å². The van der Waals surface area contributed by atoms with Crippen LogP contribution in [0.25, 0.3) is 0 Å². The van der Waals surface area contributed by atoms with Gasteiger partial charge in [-0.25, -0.2) is 0 Å². The first-order chi connectivity index (χ1) is 7.79. The summed E-state index contributed by atoms with van der Waals surface area (Å²) < 4.78 is 1.63. The molecule has 3 nitrogen and oxygen atoms in total. The van der Waals surface area contributed by atoms with Crippen LogP contribution in [0.3, 0.4) is 0 Å². The first-order valence-electron chi connectivity index (χ1n) is 4.94. The Kier molecular flexibility index (Phi) is 2.84. The summed E-state index contributed by atoms with van der Waals surface area (Å²) in [5.74, 6) is 0. The minimum absolute atomic E-state index is 0.0214. The molecule has 0 unspecified atom stereocenters. The van der Waals surface area contributed by atoms with Crippen LogP contribution in [-0.2, 0) is 6.54 Å². The highest BCUT2D eigenvalue weighted by Crippen LogP contribution is 2.04. The first kappa shape index (κ1) is 10.2. The lowest BCUT2D eigenvalue weighted by molar-refractivity contribution is 0.759. The predicted molar refractivity (Wildman–Crippen MR) is 61.0 cm³/mol. The summed E-state index contributed by atoms with van der Waals surface area (Å²) >= 11 is 0. The highest BCUT2D eigenvalue weighted by atomic mass is 16.1. The van der Waals surface area contributed by atoms with E-state index < -0.39 is 0 Å². The van der Waals surface area contributed by atoms with Crippen LogP contribution < -0.4 is 5.56 Å². The molecule has 0 aliphatic rings. The van der Waals surface area contributed by atoms with Crippen molar-refractivity contribution in [3.8, 4) is 6.07 Å². The summed E-state index contributed by atoms with van der Waals surface area (Å²) in [4.78, 5) is 11.5. The van der Waals surface area contributed by atoms with E-state index in [-0.39, 0.29) is 5.56 Å². The number of rotatable bonds is 2. The molecular weight excluding hydrogens is 200 g/mol. The normalized spacial score (nSPS) is 9.69. The summed E-state index contributed by atoms with van der Waals surface area (Å²) in [5, 5.41) is 8.66. The zero-order chi connectivity index (χ0) is 11.4. The molecule has 0 saturated carbocycles. The van der Waals surface area contributed by atoms with Crippen LogP contribution in [0.2, 0.25) is 0 Å². The lowest BCUT2D eigenvalue weighted by Crippen LogP contribution is -2.18. The fourth-order valence-corrected chi connectivity index (χ4v) is 1.47. The topological polar surface area (TPSA) is 45.8 Å². The van der Waals surface area contributed by atoms with E-state index in [0.717, 1.165) is 5.56 Å². The van der Waals surface area contributed by atoms with Gasteiger partial charge in [-0.15, -0.1) is 0 Å². The standard InChI is InChI=1S/C13H10N2O/c14-9-11-4-6-12(7-5-11)10-15-8-2-1-3-13(15)16/h1-8H,10H2. The van der Waals surface area contributed by atoms with E-state index in [4.69, 9.17) is 5.26 Å². The zero-order valence-corrected chi connectivity index (χ0v) is 8.63. The van der Waals surface area contributed by atoms with Gasteiger partial charge in [0.15, 0.2) is 0 Å². The number of aromatic nitrogens is 1. The third-order valence-corrected chi connectivity index (χ3v) is 2.33. The number of hydrogen-bond donors (Lipinski definition) is 0. The quantitative estimate of drug-likeness (QED) is 0.758. The Labute approximate surface area is 93.2 Å². The molecule has 78 valence electrons. The van der Waals surface area contributed by atoms with Gasteiger partial charge in [0.2, 0.25) is 0 Å². The largest absolute Gasteiger partial charge is 0.311 e. The lowest BCUT2D eigenvalue weighted by Gasteiger charge is -2.04. The third-order valence-electron chi connectivity index (χ3n) is 2.33. The number of benzene rings is 1. The average molecular weight is 210 g/mol. The molecule has 3 heteroatoms. The number of pyridine rings is 1. The predicted octanol–water partition coefficient (Wildman–Crippen LogP) is 1.77. The van der Waals surface area contributed by atoms with Crippen molar-refractivity contribution in [3.63, 3.8) is 0 Å². The SMILES string of the molecule is N#Cc1ccc(Cn2ccccc2=O)cc1. The fourth-order valence-electron chi connectivity index (χ4n) is 1.47. The van der Waals surface area contributed by atoms with Gasteiger partial charge in [0, 0.05) is 12.3 Å². The third kappa shape index (κ3) is 2.18. The molecule has 0 aliphatic carbocycles. The molecule has 2 aromatic rings. The van der Waals surface area contributed by atoms with Gasteiger partial charge in [0.1, 0.15) is 0 Å². The summed E-state index contributed by atoms with van der Waals surface area (Å²) in [6, 6.07) is 14.4. The number of nitriles is 1. The highest BCUT2D eigenvalue weighted by molar-refractivity contribution is 5.31. The Balaban J connectivity index is 2.25. The summed E-state index contributed by atoms with van der Waals surface area (Å²) in [6.07, 6.45) is 1.75. The molecule has 0 aliphatic heterocycles. The van der Waals surface area contributed by atoms with Crippen molar-refractivity contribution in [2.75, 3.05) is 0 Å². The molecule has 0 bridgehead atoms. The molecule has 0 amide bonds. The van der Waals surface area contributed by atoms with E-state index >= 15 is 0 Å². The Bertz CT molecular complexity index is 576. The Hall–Kier alpha value is -2.34. The van der Waals surface area contributed by atoms with Crippen molar-refractivity contribution in [2.45, 2.75) is 6.54 Å². The van der Waals surface area contributed by atoms with E-state index in [9.17, 15) is 4.79 Å². The van der Waals surface area contributed by atoms with Crippen LogP contribution in [0.1, 0.15) is 11.1 Å². The molecule has 1 aromatic heterocycles. The van der Waals surface area contributed by atoms with Gasteiger partial charge < -0.3 is 4.57 Å². The maximum Gasteiger partial charge on any atom is 0.250 e. The van der Waals surface area contributed by atoms with E-state index in [1.54, 1.807) is 29.0 Å². The number of hydrogen-bond acceptors (Lipinski definition) is 2. The van der Waals surface area contributed by atoms with Crippen molar-refractivity contribution in [2.24, 2.45) is 0 Å². The highest BCUT2D eigenvalue weighted by Gasteiger charge is 1.97. The van der Waals surface area contributed by atoms with Gasteiger partial charge in [-0.3, -0.25) is 4.79 Å². The van der Waals surface area contributed by atoms with Crippen LogP contribution in [0.15, 0.2) is 53.5 Å². The molecule has 0 saturated heterocycles. The summed E-state index contributed by atoms with van der Waals surface area (Å²) in [5.41, 5.74) is 1.61. The first-order valence-corrected chi connectivity index (χ1v) is 4.94. The van der Waals surface area contributed by atoms with Crippen LogP contribution >= 0.6 is 0 Å². The van der Waals surface area contributed by atoms with Crippen molar-refractivity contribution >= 4 is 0 Å². The maximum atomic E-state index is 11.5. The van der Waals surface area contributed by atoms with Crippen LogP contribution in [0.4, 0.5) is 0 Å². The molecular formula is C13H10N2O. The van der Waals surface area contributed by atoms with Gasteiger partial charge >= 0.3 is 0 Å². The molecule has 0 N–H and O–H groups in total. The smallest absolute Gasteiger partial charge is 0.250 e. The fraction of sp³-hybridized carbons (Fsp3) is 0.0769. The molecule has 16 heavy (non-hydrogen) atoms. The summed E-state index contributed by atoms with van der Waals surface area (Å²) in [6.45, 7) is 0.533. The second-order valence-electron chi connectivity index (χ2n) is 3.48. The van der Waals surface area contributed by atoms with Crippen molar-refractivity contribution in [1.82, 2.24) is 4.57 Å². The average Bonchev–Trinajstić information content (AvgIpc) is 2.33. The molecule has 0 fully saturated rings. The van der Waals surface area contributed by atoms with Gasteiger partial charge in [-0.2, -0.15) is 5.26 Å². The summed E-state index contributed by atoms with van der Waals surface area (Å²) in [7, 11) is 0. The molecule has 0 radical (unpaired) electrons. The van der Waals surface area contributed by atoms with Crippen molar-refractivity contribution in [3.05, 3.63) is 70.1 Å². The van der Waals surface area contributed by atoms with Crippen molar-refractivity contribution < 1.29 is 0 Å². The monoisotopic (exact) mass is 210 g/mol. The zero-order valence-electron chi connectivity index (χ0n) is 8.63. The Morgan fingerprint density at radius 1 is 1.12 bits per heavy atom. The molecule has 0 spiro atoms. The maximum absolute atomic E-state index is 11.5. The van der Waals surface area contributed by atoms with Gasteiger partial charge in [-0.1, -0.05) is 18.2 Å². The second kappa shape index (κ2) is 4.45. The molecule has 1 aromatic carbocycles. The van der Waals surface area contributed by atoms with E-state index in [1.807, 2.05) is 18.2 Å². The Morgan fingerprint density at radius 3 is 2.50 bits per heavy atom. The van der Waals surface area contributed by atoms with Gasteiger partial charge in [0.25, 0.3) is 5.56 Å². The van der Waals surface area contributed by atoms with Crippen LogP contribution in [-0.4, -0.2) is 4.57 Å². The van der Waals surface area contributed by atoms with Gasteiger partial charge in [0.05, 0.1) is 18.2 Å². The minimum Gasteiger partial charge on any atom is -0.311 e. The van der Waals surface area contributed by atoms with E-state index in [0.29, 0.717) is 12.1 Å². The molecule has 2 rings (SSSR count). The number of nitrogens with zero attached hydrogens (tertiary/aromatic N) is 2. The molecule has 1 heterocycles. The second-order valence-corrected chi connectivity index (χ2v) is 3.48. The van der Waals surface area contributed by atoms with Crippen LogP contribution in [0.5, 0.6) is 0 Å². The lowest BCUT2D eigenvalue weighted by atomic mass is 10.1. The molecule has 0 atom stereocenters. The van der Waals surface area contributed by atoms with E-state index in [2.05, 4.69) is 6.07 Å². The van der Waals surface area contributed by atoms with Gasteiger partial charge in [-0.05, 0) is 23.8 Å². The minimum atomic E-state index is -0.0214. The Morgan fingerprint density at radius 2 is 1.88 bits per heavy atom.